The molecule has 23 heavy (non-hydrogen) atoms. The van der Waals surface area contributed by atoms with Gasteiger partial charge in [-0.25, -0.2) is 4.79 Å². The highest BCUT2D eigenvalue weighted by Crippen LogP contribution is 2.21. The Labute approximate surface area is 138 Å². The quantitative estimate of drug-likeness (QED) is 0.801. The summed E-state index contributed by atoms with van der Waals surface area (Å²) in [6.45, 7) is 4.17. The van der Waals surface area contributed by atoms with Crippen LogP contribution in [0.3, 0.4) is 0 Å². The average molecular weight is 339 g/mol. The first-order valence-corrected chi connectivity index (χ1v) is 8.14. The van der Waals surface area contributed by atoms with Gasteiger partial charge in [0.2, 0.25) is 0 Å². The lowest BCUT2D eigenvalue weighted by Crippen LogP contribution is -2.39. The van der Waals surface area contributed by atoms with Gasteiger partial charge in [-0.15, -0.1) is 0 Å². The molecule has 0 amide bonds. The second-order valence-electron chi connectivity index (χ2n) is 5.69. The third kappa shape index (κ3) is 3.43. The van der Waals surface area contributed by atoms with E-state index in [4.69, 9.17) is 20.8 Å². The Kier molecular flexibility index (Phi) is 4.73. The van der Waals surface area contributed by atoms with Gasteiger partial charge in [-0.05, 0) is 31.9 Å². The lowest BCUT2D eigenvalue weighted by molar-refractivity contribution is -0.149. The second kappa shape index (κ2) is 6.76. The van der Waals surface area contributed by atoms with Gasteiger partial charge in [-0.3, -0.25) is 14.3 Å². The van der Waals surface area contributed by atoms with Crippen LogP contribution < -0.4 is 5.76 Å². The number of aromatic nitrogens is 1. The van der Waals surface area contributed by atoms with Gasteiger partial charge in [0.05, 0.1) is 24.7 Å². The maximum Gasteiger partial charge on any atom is 0.421 e. The number of benzene rings is 1. The number of hydrogen-bond donors (Lipinski definition) is 0. The van der Waals surface area contributed by atoms with E-state index in [-0.39, 0.29) is 11.9 Å². The topological polar surface area (TPSA) is 64.7 Å². The minimum absolute atomic E-state index is 0.0391. The van der Waals surface area contributed by atoms with Crippen LogP contribution in [0.15, 0.2) is 27.4 Å². The summed E-state index contributed by atoms with van der Waals surface area (Å²) in [5, 5.41) is 0.536. The molecular weight excluding hydrogens is 320 g/mol. The average Bonchev–Trinajstić information content (AvgIpc) is 2.83. The van der Waals surface area contributed by atoms with Crippen molar-refractivity contribution in [3.05, 3.63) is 33.8 Å². The number of hydrogen-bond acceptors (Lipinski definition) is 5. The highest BCUT2D eigenvalue weighted by atomic mass is 35.5. The van der Waals surface area contributed by atoms with Crippen LogP contribution >= 0.6 is 11.6 Å². The Morgan fingerprint density at radius 3 is 2.83 bits per heavy atom. The van der Waals surface area contributed by atoms with Crippen molar-refractivity contribution in [2.75, 3.05) is 19.7 Å². The predicted octanol–water partition coefficient (Wildman–Crippen LogP) is 2.48. The molecule has 0 bridgehead atoms. The van der Waals surface area contributed by atoms with Gasteiger partial charge in [0.15, 0.2) is 5.58 Å². The van der Waals surface area contributed by atoms with Gasteiger partial charge in [0, 0.05) is 24.2 Å². The third-order valence-electron chi connectivity index (χ3n) is 4.18. The Balaban J connectivity index is 1.69. The standard InChI is InChI=1S/C16H19ClN2O4/c1-2-22-15(20)11-5-7-18(8-6-11)10-19-13-4-3-12(17)9-14(13)23-16(19)21/h3-4,9,11H,2,5-8,10H2,1H3. The third-order valence-corrected chi connectivity index (χ3v) is 4.41. The van der Waals surface area contributed by atoms with Crippen molar-refractivity contribution < 1.29 is 13.9 Å². The monoisotopic (exact) mass is 338 g/mol. The van der Waals surface area contributed by atoms with Crippen LogP contribution in [0.1, 0.15) is 19.8 Å². The van der Waals surface area contributed by atoms with E-state index < -0.39 is 5.76 Å². The molecule has 124 valence electrons. The molecule has 0 saturated carbocycles. The number of oxazole rings is 1. The summed E-state index contributed by atoms with van der Waals surface area (Å²) in [4.78, 5) is 25.9. The highest BCUT2D eigenvalue weighted by molar-refractivity contribution is 6.31. The van der Waals surface area contributed by atoms with Crippen LogP contribution in [-0.2, 0) is 16.2 Å². The smallest absolute Gasteiger partial charge is 0.421 e. The van der Waals surface area contributed by atoms with Crippen LogP contribution in [0.2, 0.25) is 5.02 Å². The molecule has 1 aliphatic rings. The molecule has 2 aromatic rings. The zero-order chi connectivity index (χ0) is 16.4. The molecule has 1 fully saturated rings. The van der Waals surface area contributed by atoms with Crippen molar-refractivity contribution in [3.63, 3.8) is 0 Å². The Bertz CT molecular complexity index is 759. The normalized spacial score (nSPS) is 16.8. The highest BCUT2D eigenvalue weighted by Gasteiger charge is 2.26. The van der Waals surface area contributed by atoms with Crippen LogP contribution in [0.25, 0.3) is 11.1 Å². The van der Waals surface area contributed by atoms with E-state index >= 15 is 0 Å². The fourth-order valence-corrected chi connectivity index (χ4v) is 3.11. The fourth-order valence-electron chi connectivity index (χ4n) is 2.94. The number of nitrogens with zero attached hydrogens (tertiary/aromatic N) is 2. The van der Waals surface area contributed by atoms with Crippen molar-refractivity contribution in [2.24, 2.45) is 5.92 Å². The first-order valence-electron chi connectivity index (χ1n) is 7.76. The number of halogens is 1. The zero-order valence-corrected chi connectivity index (χ0v) is 13.7. The maximum absolute atomic E-state index is 12.0. The maximum atomic E-state index is 12.0. The predicted molar refractivity (Wildman–Crippen MR) is 86.4 cm³/mol. The number of fused-ring (bicyclic) bond motifs is 1. The Hall–Kier alpha value is -1.79. The number of carbonyl (C=O) groups is 1. The summed E-state index contributed by atoms with van der Waals surface area (Å²) in [5.41, 5.74) is 1.22. The number of rotatable bonds is 4. The van der Waals surface area contributed by atoms with Crippen LogP contribution in [0.5, 0.6) is 0 Å². The van der Waals surface area contributed by atoms with Gasteiger partial charge in [-0.1, -0.05) is 11.6 Å². The van der Waals surface area contributed by atoms with Crippen molar-refractivity contribution in [1.29, 1.82) is 0 Å². The van der Waals surface area contributed by atoms with Gasteiger partial charge >= 0.3 is 11.7 Å². The van der Waals surface area contributed by atoms with E-state index in [9.17, 15) is 9.59 Å². The Morgan fingerprint density at radius 1 is 1.39 bits per heavy atom. The molecule has 0 atom stereocenters. The first-order chi connectivity index (χ1) is 11.1. The molecule has 1 aromatic carbocycles. The van der Waals surface area contributed by atoms with Crippen molar-refractivity contribution in [1.82, 2.24) is 9.47 Å². The molecule has 0 N–H and O–H groups in total. The minimum Gasteiger partial charge on any atom is -0.466 e. The molecule has 7 heteroatoms. The van der Waals surface area contributed by atoms with Crippen molar-refractivity contribution in [3.8, 4) is 0 Å². The summed E-state index contributed by atoms with van der Waals surface area (Å²) < 4.78 is 11.9. The van der Waals surface area contributed by atoms with Gasteiger partial charge in [-0.2, -0.15) is 0 Å². The first kappa shape index (κ1) is 16.1. The van der Waals surface area contributed by atoms with E-state index in [1.807, 2.05) is 6.92 Å². The van der Waals surface area contributed by atoms with E-state index in [0.29, 0.717) is 23.9 Å². The summed E-state index contributed by atoms with van der Waals surface area (Å²) in [5.74, 6) is -0.551. The molecule has 0 radical (unpaired) electrons. The fraction of sp³-hybridized carbons (Fsp3) is 0.500. The number of ether oxygens (including phenoxy) is 1. The summed E-state index contributed by atoms with van der Waals surface area (Å²) in [6, 6.07) is 5.16. The second-order valence-corrected chi connectivity index (χ2v) is 6.13. The van der Waals surface area contributed by atoms with Crippen LogP contribution in [0, 0.1) is 5.92 Å². The van der Waals surface area contributed by atoms with E-state index in [1.165, 1.54) is 0 Å². The number of piperidine rings is 1. The molecular formula is C16H19ClN2O4. The van der Waals surface area contributed by atoms with Crippen molar-refractivity contribution in [2.45, 2.75) is 26.4 Å². The van der Waals surface area contributed by atoms with Gasteiger partial charge < -0.3 is 9.15 Å². The summed E-state index contributed by atoms with van der Waals surface area (Å²) in [7, 11) is 0. The molecule has 2 heterocycles. The number of likely N-dealkylation sites (tertiary alicyclic amines) is 1. The molecule has 0 aliphatic carbocycles. The lowest BCUT2D eigenvalue weighted by atomic mass is 9.97. The van der Waals surface area contributed by atoms with Crippen LogP contribution in [0.4, 0.5) is 0 Å². The minimum atomic E-state index is -0.394. The summed E-state index contributed by atoms with van der Waals surface area (Å²) >= 11 is 5.92. The lowest BCUT2D eigenvalue weighted by Gasteiger charge is -2.30. The Morgan fingerprint density at radius 2 is 2.13 bits per heavy atom. The SMILES string of the molecule is CCOC(=O)C1CCN(Cn2c(=O)oc3cc(Cl)ccc32)CC1. The van der Waals surface area contributed by atoms with E-state index in [0.717, 1.165) is 31.4 Å². The molecule has 1 aliphatic heterocycles. The molecule has 0 spiro atoms. The van der Waals surface area contributed by atoms with Gasteiger partial charge in [0.1, 0.15) is 0 Å². The zero-order valence-electron chi connectivity index (χ0n) is 13.0. The largest absolute Gasteiger partial charge is 0.466 e. The molecule has 0 unspecified atom stereocenters. The van der Waals surface area contributed by atoms with Crippen LogP contribution in [-0.4, -0.2) is 35.1 Å². The van der Waals surface area contributed by atoms with Crippen molar-refractivity contribution >= 4 is 28.7 Å². The molecule has 6 nitrogen and oxygen atoms in total. The number of esters is 1. The van der Waals surface area contributed by atoms with Gasteiger partial charge in [0.25, 0.3) is 0 Å². The number of carbonyl (C=O) groups excluding carboxylic acids is 1. The molecule has 1 saturated heterocycles. The van der Waals surface area contributed by atoms with E-state index in [1.54, 1.807) is 22.8 Å². The summed E-state index contributed by atoms with van der Waals surface area (Å²) in [6.07, 6.45) is 1.49. The molecule has 1 aromatic heterocycles. The van der Waals surface area contributed by atoms with E-state index in [2.05, 4.69) is 4.90 Å². The molecule has 3 rings (SSSR count).